The minimum absolute atomic E-state index is 0.0764. The zero-order valence-corrected chi connectivity index (χ0v) is 14.0. The van der Waals surface area contributed by atoms with E-state index >= 15 is 0 Å². The summed E-state index contributed by atoms with van der Waals surface area (Å²) in [5.41, 5.74) is 0. The van der Waals surface area contributed by atoms with Crippen molar-refractivity contribution in [2.24, 2.45) is 0 Å². The van der Waals surface area contributed by atoms with Gasteiger partial charge >= 0.3 is 0 Å². The Morgan fingerprint density at radius 3 is 0.870 bits per heavy atom. The predicted molar refractivity (Wildman–Crippen MR) is 93.0 cm³/mol. The van der Waals surface area contributed by atoms with Crippen LogP contribution in [0.1, 0.15) is 20.8 Å². The highest BCUT2D eigenvalue weighted by Crippen LogP contribution is 2.21. The molecule has 4 N–H and O–H groups in total. The summed E-state index contributed by atoms with van der Waals surface area (Å²) in [7, 11) is 0. The molecule has 0 aliphatic heterocycles. The Kier molecular flexibility index (Phi) is 10.9. The zero-order chi connectivity index (χ0) is 17.7. The fourth-order valence-electron chi connectivity index (χ4n) is 1.60. The number of nitrogens with zero attached hydrogens (tertiary/aromatic N) is 1. The van der Waals surface area contributed by atoms with E-state index in [0.29, 0.717) is 0 Å². The lowest BCUT2D eigenvalue weighted by molar-refractivity contribution is 0.321. The molecule has 0 aliphatic carbocycles. The number of hydrogen-bond acceptors (Lipinski definition) is 5. The molecule has 5 nitrogen and oxygen atoms in total. The smallest absolute Gasteiger partial charge is 0.157 e. The Bertz CT molecular complexity index is 451. The van der Waals surface area contributed by atoms with E-state index in [0.717, 1.165) is 0 Å². The van der Waals surface area contributed by atoms with Crippen LogP contribution in [0.25, 0.3) is 0 Å². The third kappa shape index (κ3) is 9.26. The fourth-order valence-corrected chi connectivity index (χ4v) is 1.60. The van der Waals surface area contributed by atoms with Crippen molar-refractivity contribution >= 4 is 0 Å². The summed E-state index contributed by atoms with van der Waals surface area (Å²) >= 11 is 0. The minimum atomic E-state index is -0.0764. The van der Waals surface area contributed by atoms with Crippen molar-refractivity contribution in [1.29, 1.82) is 0 Å². The van der Waals surface area contributed by atoms with Gasteiger partial charge in [-0.05, 0) is 43.9 Å². The van der Waals surface area contributed by atoms with Crippen LogP contribution in [0, 0.1) is 0 Å². The van der Waals surface area contributed by atoms with Crippen LogP contribution in [0.3, 0.4) is 0 Å². The first-order valence-corrected chi connectivity index (χ1v) is 7.62. The first kappa shape index (κ1) is 20.6. The van der Waals surface area contributed by atoms with Crippen LogP contribution in [-0.4, -0.2) is 45.0 Å². The second kappa shape index (κ2) is 12.2. The second-order valence-corrected chi connectivity index (χ2v) is 4.60. The van der Waals surface area contributed by atoms with Crippen molar-refractivity contribution in [3.05, 3.63) is 48.5 Å². The third-order valence-electron chi connectivity index (χ3n) is 3.11. The van der Waals surface area contributed by atoms with Gasteiger partial charge < -0.3 is 25.3 Å². The van der Waals surface area contributed by atoms with Gasteiger partial charge in [-0.1, -0.05) is 45.0 Å². The molecule has 0 saturated carbocycles. The average Bonchev–Trinajstić information content (AvgIpc) is 2.56. The van der Waals surface area contributed by atoms with Gasteiger partial charge in [0, 0.05) is 0 Å². The molecule has 0 atom stereocenters. The fraction of sp³-hybridized carbons (Fsp3) is 0.333. The van der Waals surface area contributed by atoms with Crippen molar-refractivity contribution in [3.8, 4) is 23.0 Å². The lowest BCUT2D eigenvalue weighted by Crippen LogP contribution is -2.21. The van der Waals surface area contributed by atoms with Crippen LogP contribution in [0.5, 0.6) is 23.0 Å². The first-order chi connectivity index (χ1) is 11.0. The van der Waals surface area contributed by atoms with Crippen LogP contribution in [-0.2, 0) is 0 Å². The number of phenols is 4. The van der Waals surface area contributed by atoms with Crippen LogP contribution in [0.15, 0.2) is 48.5 Å². The van der Waals surface area contributed by atoms with E-state index in [1.54, 1.807) is 24.3 Å². The van der Waals surface area contributed by atoms with E-state index in [1.807, 2.05) is 0 Å². The molecule has 128 valence electrons. The molecular weight excluding hydrogens is 294 g/mol. The number of rotatable bonds is 3. The maximum atomic E-state index is 8.67. The molecule has 23 heavy (non-hydrogen) atoms. The highest BCUT2D eigenvalue weighted by Gasteiger charge is 1.91. The molecule has 0 saturated heterocycles. The Balaban J connectivity index is 0.000000317. The van der Waals surface area contributed by atoms with Gasteiger partial charge in [-0.25, -0.2) is 0 Å². The summed E-state index contributed by atoms with van der Waals surface area (Å²) in [5.74, 6) is -0.306. The monoisotopic (exact) mass is 321 g/mol. The Morgan fingerprint density at radius 2 is 0.783 bits per heavy atom. The number of benzene rings is 2. The molecule has 2 aromatic rings. The quantitative estimate of drug-likeness (QED) is 0.650. The van der Waals surface area contributed by atoms with E-state index < -0.39 is 0 Å². The standard InChI is InChI=1S/C6H15N.2C6H6O2/c1-4-7(5-2)6-3;2*7-5-3-1-2-4-6(5)8/h4-6H2,1-3H3;2*1-4,7-8H. The Morgan fingerprint density at radius 1 is 0.565 bits per heavy atom. The first-order valence-electron chi connectivity index (χ1n) is 7.62. The maximum absolute atomic E-state index is 8.67. The van der Waals surface area contributed by atoms with Crippen LogP contribution < -0.4 is 0 Å². The van der Waals surface area contributed by atoms with Gasteiger partial charge in [0.15, 0.2) is 23.0 Å². The van der Waals surface area contributed by atoms with Crippen molar-refractivity contribution in [2.75, 3.05) is 19.6 Å². The van der Waals surface area contributed by atoms with Gasteiger partial charge in [0.2, 0.25) is 0 Å². The van der Waals surface area contributed by atoms with E-state index in [4.69, 9.17) is 20.4 Å². The van der Waals surface area contributed by atoms with Crippen molar-refractivity contribution in [2.45, 2.75) is 20.8 Å². The highest BCUT2D eigenvalue weighted by atomic mass is 16.3. The normalized spacial score (nSPS) is 9.39. The summed E-state index contributed by atoms with van der Waals surface area (Å²) in [6.07, 6.45) is 0. The zero-order valence-electron chi connectivity index (χ0n) is 14.0. The second-order valence-electron chi connectivity index (χ2n) is 4.60. The number of para-hydroxylation sites is 4. The summed E-state index contributed by atoms with van der Waals surface area (Å²) in [5, 5.41) is 34.7. The lowest BCUT2D eigenvalue weighted by atomic mass is 10.3. The van der Waals surface area contributed by atoms with Gasteiger partial charge in [0.1, 0.15) is 0 Å². The third-order valence-corrected chi connectivity index (χ3v) is 3.11. The van der Waals surface area contributed by atoms with Crippen LogP contribution >= 0.6 is 0 Å². The van der Waals surface area contributed by atoms with Gasteiger partial charge in [-0.2, -0.15) is 0 Å². The molecule has 0 unspecified atom stereocenters. The van der Waals surface area contributed by atoms with Gasteiger partial charge in [-0.3, -0.25) is 0 Å². The number of phenolic OH excluding ortho intramolecular Hbond substituents is 4. The van der Waals surface area contributed by atoms with E-state index in [2.05, 4.69) is 25.7 Å². The average molecular weight is 321 g/mol. The van der Waals surface area contributed by atoms with E-state index in [-0.39, 0.29) is 23.0 Å². The molecule has 0 fully saturated rings. The molecule has 0 aromatic heterocycles. The van der Waals surface area contributed by atoms with E-state index in [1.165, 1.54) is 43.9 Å². The van der Waals surface area contributed by atoms with Crippen LogP contribution in [0.2, 0.25) is 0 Å². The maximum Gasteiger partial charge on any atom is 0.157 e. The van der Waals surface area contributed by atoms with Crippen molar-refractivity contribution in [1.82, 2.24) is 4.90 Å². The molecule has 2 rings (SSSR count). The van der Waals surface area contributed by atoms with E-state index in [9.17, 15) is 0 Å². The van der Waals surface area contributed by atoms with Crippen LogP contribution in [0.4, 0.5) is 0 Å². The number of aromatic hydroxyl groups is 4. The molecular formula is C18H27NO4. The summed E-state index contributed by atoms with van der Waals surface area (Å²) in [6.45, 7) is 10.1. The van der Waals surface area contributed by atoms with Crippen molar-refractivity contribution < 1.29 is 20.4 Å². The van der Waals surface area contributed by atoms with Gasteiger partial charge in [0.25, 0.3) is 0 Å². The van der Waals surface area contributed by atoms with Crippen molar-refractivity contribution in [3.63, 3.8) is 0 Å². The summed E-state index contributed by atoms with van der Waals surface area (Å²) in [6, 6.07) is 12.3. The topological polar surface area (TPSA) is 84.2 Å². The molecule has 0 heterocycles. The highest BCUT2D eigenvalue weighted by molar-refractivity contribution is 5.36. The predicted octanol–water partition coefficient (Wildman–Crippen LogP) is 3.54. The molecule has 5 heteroatoms. The molecule has 2 aromatic carbocycles. The molecule has 0 aliphatic rings. The largest absolute Gasteiger partial charge is 0.504 e. The molecule has 0 amide bonds. The summed E-state index contributed by atoms with van der Waals surface area (Å²) in [4.78, 5) is 2.38. The van der Waals surface area contributed by atoms with Gasteiger partial charge in [0.05, 0.1) is 0 Å². The van der Waals surface area contributed by atoms with Gasteiger partial charge in [-0.15, -0.1) is 0 Å². The Hall–Kier alpha value is -2.40. The SMILES string of the molecule is CCN(CC)CC.Oc1ccccc1O.Oc1ccccc1O. The summed E-state index contributed by atoms with van der Waals surface area (Å²) < 4.78 is 0. The number of hydrogen-bond donors (Lipinski definition) is 4. The molecule has 0 spiro atoms. The minimum Gasteiger partial charge on any atom is -0.504 e. The molecule has 0 radical (unpaired) electrons. The lowest BCUT2D eigenvalue weighted by Gasteiger charge is -2.13. The Labute approximate surface area is 138 Å². The molecule has 0 bridgehead atoms.